The second-order valence-electron chi connectivity index (χ2n) is 5.51. The van der Waals surface area contributed by atoms with Gasteiger partial charge in [0.25, 0.3) is 15.6 Å². The van der Waals surface area contributed by atoms with Gasteiger partial charge in [-0.2, -0.15) is 0 Å². The predicted octanol–water partition coefficient (Wildman–Crippen LogP) is 0.477. The number of aromatic nitrogens is 3. The third-order valence-corrected chi connectivity index (χ3v) is 5.58. The van der Waals surface area contributed by atoms with Crippen LogP contribution in [0.5, 0.6) is 0 Å². The molecular weight excluding hydrogens is 386 g/mol. The quantitative estimate of drug-likeness (QED) is 0.683. The Labute approximate surface area is 151 Å². The molecule has 0 spiro atoms. The number of benzene rings is 1. The van der Waals surface area contributed by atoms with Crippen LogP contribution in [0, 0.1) is 0 Å². The second-order valence-corrected chi connectivity index (χ2v) is 7.73. The molecule has 9 nitrogen and oxygen atoms in total. The summed E-state index contributed by atoms with van der Waals surface area (Å²) in [7, 11) is -2.94. The third kappa shape index (κ3) is 2.82. The SMILES string of the molecule is Cn1ccc(S(=O)(=O)n2c(=O)c3ccc(Cl)cc3n(CC(=O)O)c2=O)c1. The van der Waals surface area contributed by atoms with E-state index in [1.165, 1.54) is 41.2 Å². The minimum absolute atomic E-state index is 0.0607. The maximum Gasteiger partial charge on any atom is 0.346 e. The molecule has 0 bridgehead atoms. The number of carboxylic acid groups (broad SMARTS) is 1. The summed E-state index contributed by atoms with van der Waals surface area (Å²) in [4.78, 5) is 36.3. The van der Waals surface area contributed by atoms with E-state index in [4.69, 9.17) is 16.7 Å². The zero-order valence-electron chi connectivity index (χ0n) is 13.3. The number of halogens is 1. The molecule has 11 heteroatoms. The highest BCUT2D eigenvalue weighted by Gasteiger charge is 2.26. The highest BCUT2D eigenvalue weighted by atomic mass is 35.5. The lowest BCUT2D eigenvalue weighted by molar-refractivity contribution is -0.137. The molecule has 1 N–H and O–H groups in total. The lowest BCUT2D eigenvalue weighted by Crippen LogP contribution is -2.44. The van der Waals surface area contributed by atoms with E-state index in [1.807, 2.05) is 0 Å². The lowest BCUT2D eigenvalue weighted by atomic mass is 10.2. The Hall–Kier alpha value is -2.85. The van der Waals surface area contributed by atoms with E-state index in [-0.39, 0.29) is 24.8 Å². The lowest BCUT2D eigenvalue weighted by Gasteiger charge is -2.12. The number of rotatable bonds is 4. The van der Waals surface area contributed by atoms with Gasteiger partial charge in [0, 0.05) is 24.5 Å². The highest BCUT2D eigenvalue weighted by molar-refractivity contribution is 7.90. The predicted molar refractivity (Wildman–Crippen MR) is 93.1 cm³/mol. The van der Waals surface area contributed by atoms with Gasteiger partial charge in [-0.3, -0.25) is 14.2 Å². The van der Waals surface area contributed by atoms with Crippen LogP contribution in [0.1, 0.15) is 0 Å². The van der Waals surface area contributed by atoms with Gasteiger partial charge in [-0.05, 0) is 24.3 Å². The summed E-state index contributed by atoms with van der Waals surface area (Å²) in [6, 6.07) is 5.06. The van der Waals surface area contributed by atoms with Gasteiger partial charge in [0.1, 0.15) is 11.4 Å². The smallest absolute Gasteiger partial charge is 0.346 e. The van der Waals surface area contributed by atoms with Crippen molar-refractivity contribution in [3.8, 4) is 0 Å². The summed E-state index contributed by atoms with van der Waals surface area (Å²) in [5, 5.41) is 9.09. The van der Waals surface area contributed by atoms with E-state index in [0.717, 1.165) is 0 Å². The first kappa shape index (κ1) is 18.0. The van der Waals surface area contributed by atoms with Crippen molar-refractivity contribution in [1.29, 1.82) is 0 Å². The average Bonchev–Trinajstić information content (AvgIpc) is 2.98. The van der Waals surface area contributed by atoms with Gasteiger partial charge in [0.2, 0.25) is 0 Å². The van der Waals surface area contributed by atoms with E-state index in [2.05, 4.69) is 0 Å². The maximum absolute atomic E-state index is 12.8. The molecule has 0 saturated carbocycles. The van der Waals surface area contributed by atoms with Crippen molar-refractivity contribution in [2.24, 2.45) is 7.05 Å². The molecule has 26 heavy (non-hydrogen) atoms. The fourth-order valence-corrected chi connectivity index (χ4v) is 4.08. The molecule has 3 aromatic rings. The molecule has 0 aliphatic carbocycles. The van der Waals surface area contributed by atoms with Crippen LogP contribution in [0.4, 0.5) is 0 Å². The minimum Gasteiger partial charge on any atom is -0.480 e. The topological polar surface area (TPSA) is 120 Å². The number of hydrogen-bond acceptors (Lipinski definition) is 5. The summed E-state index contributed by atoms with van der Waals surface area (Å²) in [6.07, 6.45) is 2.67. The van der Waals surface area contributed by atoms with Crippen LogP contribution >= 0.6 is 11.6 Å². The molecule has 1 aromatic carbocycles. The number of aryl methyl sites for hydroxylation is 1. The zero-order chi connectivity index (χ0) is 19.2. The summed E-state index contributed by atoms with van der Waals surface area (Å²) in [6.45, 7) is -0.833. The summed E-state index contributed by atoms with van der Waals surface area (Å²) in [5.41, 5.74) is -2.42. The first-order valence-corrected chi connectivity index (χ1v) is 8.99. The van der Waals surface area contributed by atoms with Crippen LogP contribution < -0.4 is 11.2 Å². The standard InChI is InChI=1S/C15H12ClN3O6S/c1-17-5-4-10(7-17)26(24,25)19-14(22)11-3-2-9(16)6-12(11)18(15(19)23)8-13(20)21/h2-7H,8H2,1H3,(H,20,21). The number of fused-ring (bicyclic) bond motifs is 1. The van der Waals surface area contributed by atoms with Crippen LogP contribution in [0.2, 0.25) is 5.02 Å². The number of carbonyl (C=O) groups is 1. The molecular formula is C15H12ClN3O6S. The van der Waals surface area contributed by atoms with Crippen LogP contribution in [-0.4, -0.2) is 32.6 Å². The molecule has 136 valence electrons. The third-order valence-electron chi connectivity index (χ3n) is 3.71. The van der Waals surface area contributed by atoms with Crippen molar-refractivity contribution in [1.82, 2.24) is 13.1 Å². The largest absolute Gasteiger partial charge is 0.480 e. The molecule has 2 heterocycles. The molecule has 0 aliphatic rings. The Balaban J connectivity index is 2.48. The van der Waals surface area contributed by atoms with Gasteiger partial charge in [-0.1, -0.05) is 11.6 Å². The minimum atomic E-state index is -4.52. The molecule has 2 aromatic heterocycles. The number of carboxylic acids is 1. The van der Waals surface area contributed by atoms with Crippen molar-refractivity contribution in [2.45, 2.75) is 11.4 Å². The van der Waals surface area contributed by atoms with Gasteiger partial charge in [-0.15, -0.1) is 3.97 Å². The monoisotopic (exact) mass is 397 g/mol. The van der Waals surface area contributed by atoms with Gasteiger partial charge in [0.15, 0.2) is 0 Å². The van der Waals surface area contributed by atoms with Crippen LogP contribution in [0.25, 0.3) is 10.9 Å². The summed E-state index contributed by atoms with van der Waals surface area (Å²) >= 11 is 5.87. The van der Waals surface area contributed by atoms with Gasteiger partial charge in [0.05, 0.1) is 10.9 Å². The van der Waals surface area contributed by atoms with Gasteiger partial charge >= 0.3 is 11.7 Å². The number of nitrogens with zero attached hydrogens (tertiary/aromatic N) is 3. The van der Waals surface area contributed by atoms with Crippen LogP contribution in [-0.2, 0) is 28.4 Å². The fraction of sp³-hybridized carbons (Fsp3) is 0.133. The summed E-state index contributed by atoms with van der Waals surface area (Å²) in [5.74, 6) is -1.38. The van der Waals surface area contributed by atoms with Crippen molar-refractivity contribution < 1.29 is 18.3 Å². The Kier molecular flexibility index (Phi) is 4.24. The number of aliphatic carboxylic acids is 1. The van der Waals surface area contributed by atoms with Crippen molar-refractivity contribution in [2.75, 3.05) is 0 Å². The molecule has 0 fully saturated rings. The van der Waals surface area contributed by atoms with Gasteiger partial charge in [-0.25, -0.2) is 13.2 Å². The Morgan fingerprint density at radius 2 is 1.92 bits per heavy atom. The fourth-order valence-electron chi connectivity index (χ4n) is 2.55. The Bertz CT molecular complexity index is 1270. The summed E-state index contributed by atoms with van der Waals surface area (Å²) < 4.78 is 27.8. The zero-order valence-corrected chi connectivity index (χ0v) is 14.9. The van der Waals surface area contributed by atoms with Crippen molar-refractivity contribution >= 4 is 38.5 Å². The molecule has 0 saturated heterocycles. The van der Waals surface area contributed by atoms with E-state index in [1.54, 1.807) is 7.05 Å². The molecule has 0 radical (unpaired) electrons. The Morgan fingerprint density at radius 1 is 1.23 bits per heavy atom. The van der Waals surface area contributed by atoms with E-state index in [9.17, 15) is 22.8 Å². The van der Waals surface area contributed by atoms with Crippen LogP contribution in [0.3, 0.4) is 0 Å². The van der Waals surface area contributed by atoms with Crippen molar-refractivity contribution in [3.63, 3.8) is 0 Å². The maximum atomic E-state index is 12.8. The first-order chi connectivity index (χ1) is 12.1. The van der Waals surface area contributed by atoms with E-state index < -0.39 is 33.8 Å². The van der Waals surface area contributed by atoms with Crippen LogP contribution in [0.15, 0.2) is 51.1 Å². The van der Waals surface area contributed by atoms with E-state index in [0.29, 0.717) is 4.57 Å². The highest BCUT2D eigenvalue weighted by Crippen LogP contribution is 2.17. The number of hydrogen-bond donors (Lipinski definition) is 1. The van der Waals surface area contributed by atoms with E-state index >= 15 is 0 Å². The Morgan fingerprint density at radius 3 is 2.50 bits per heavy atom. The molecule has 3 rings (SSSR count). The molecule has 0 unspecified atom stereocenters. The first-order valence-electron chi connectivity index (χ1n) is 7.17. The molecule has 0 atom stereocenters. The molecule has 0 amide bonds. The van der Waals surface area contributed by atoms with Crippen molar-refractivity contribution in [3.05, 3.63) is 62.5 Å². The normalized spacial score (nSPS) is 11.8. The van der Waals surface area contributed by atoms with Gasteiger partial charge < -0.3 is 9.67 Å². The average molecular weight is 398 g/mol. The second kappa shape index (κ2) is 6.15. The molecule has 0 aliphatic heterocycles.